The lowest BCUT2D eigenvalue weighted by Gasteiger charge is -2.28. The molecule has 2 aromatic rings. The van der Waals surface area contributed by atoms with Crippen LogP contribution < -0.4 is 4.90 Å². The van der Waals surface area contributed by atoms with Gasteiger partial charge in [-0.1, -0.05) is 0 Å². The smallest absolute Gasteiger partial charge is 0.374 e. The van der Waals surface area contributed by atoms with E-state index in [4.69, 9.17) is 13.9 Å². The number of hydrogen-bond donors (Lipinski definition) is 0. The summed E-state index contributed by atoms with van der Waals surface area (Å²) in [5.41, 5.74) is 0.606. The van der Waals surface area contributed by atoms with Gasteiger partial charge in [0, 0.05) is 24.7 Å². The second-order valence-corrected chi connectivity index (χ2v) is 5.90. The van der Waals surface area contributed by atoms with E-state index < -0.39 is 16.9 Å². The highest BCUT2D eigenvalue weighted by molar-refractivity contribution is 5.92. The fourth-order valence-electron chi connectivity index (χ4n) is 2.82. The first kappa shape index (κ1) is 19.4. The number of carbonyl (C=O) groups is 2. The zero-order valence-electron chi connectivity index (χ0n) is 15.1. The quantitative estimate of drug-likeness (QED) is 0.415. The molecule has 0 spiro atoms. The molecule has 0 amide bonds. The summed E-state index contributed by atoms with van der Waals surface area (Å²) < 4.78 is 20.0. The molecule has 0 aliphatic carbocycles. The van der Waals surface area contributed by atoms with Gasteiger partial charge in [-0.2, -0.15) is 0 Å². The molecule has 1 fully saturated rings. The average molecular weight is 390 g/mol. The van der Waals surface area contributed by atoms with Crippen LogP contribution in [0.3, 0.4) is 0 Å². The van der Waals surface area contributed by atoms with Crippen molar-refractivity contribution < 1.29 is 33.1 Å². The van der Waals surface area contributed by atoms with Gasteiger partial charge in [0.25, 0.3) is 5.69 Å². The molecule has 0 N–H and O–H groups in total. The van der Waals surface area contributed by atoms with Gasteiger partial charge in [-0.25, -0.2) is 9.59 Å². The third-order valence-electron chi connectivity index (χ3n) is 4.24. The van der Waals surface area contributed by atoms with E-state index in [1.807, 2.05) is 4.90 Å². The standard InChI is InChI=1S/C18H18N2O8/c1-25-18(22)16-13(4-7-27-16)11-28-17(21)12-2-3-14(15(10-12)20(23)24)19-5-8-26-9-6-19/h2-4,7,10H,5-6,8-9,11H2,1H3. The molecular formula is C18H18N2O8. The molecule has 10 heteroatoms. The molecule has 3 rings (SSSR count). The van der Waals surface area contributed by atoms with E-state index >= 15 is 0 Å². The van der Waals surface area contributed by atoms with Gasteiger partial charge in [-0.15, -0.1) is 0 Å². The van der Waals surface area contributed by atoms with Crippen LogP contribution in [-0.4, -0.2) is 50.3 Å². The first-order valence-electron chi connectivity index (χ1n) is 8.44. The Bertz CT molecular complexity index is 885. The second kappa shape index (κ2) is 8.53. The third-order valence-corrected chi connectivity index (χ3v) is 4.24. The van der Waals surface area contributed by atoms with Crippen LogP contribution in [0.15, 0.2) is 34.9 Å². The molecule has 0 atom stereocenters. The van der Waals surface area contributed by atoms with Crippen LogP contribution >= 0.6 is 0 Å². The van der Waals surface area contributed by atoms with Crippen LogP contribution in [0.25, 0.3) is 0 Å². The Labute approximate surface area is 159 Å². The van der Waals surface area contributed by atoms with Gasteiger partial charge in [-0.3, -0.25) is 10.1 Å². The highest BCUT2D eigenvalue weighted by Crippen LogP contribution is 2.30. The van der Waals surface area contributed by atoms with Crippen molar-refractivity contribution in [3.63, 3.8) is 0 Å². The third kappa shape index (κ3) is 4.12. The van der Waals surface area contributed by atoms with E-state index in [-0.39, 0.29) is 23.6 Å². The number of nitro benzene ring substituents is 1. The highest BCUT2D eigenvalue weighted by atomic mass is 16.6. The van der Waals surface area contributed by atoms with E-state index in [0.29, 0.717) is 37.6 Å². The summed E-state index contributed by atoms with van der Waals surface area (Å²) in [4.78, 5) is 36.7. The molecule has 1 aromatic heterocycles. The molecule has 10 nitrogen and oxygen atoms in total. The topological polar surface area (TPSA) is 121 Å². The lowest BCUT2D eigenvalue weighted by molar-refractivity contribution is -0.384. The summed E-state index contributed by atoms with van der Waals surface area (Å²) in [5, 5.41) is 11.5. The number of esters is 2. The Kier molecular flexibility index (Phi) is 5.90. The number of methoxy groups -OCH3 is 1. The van der Waals surface area contributed by atoms with E-state index in [0.717, 1.165) is 0 Å². The van der Waals surface area contributed by atoms with Crippen LogP contribution in [0.4, 0.5) is 11.4 Å². The minimum atomic E-state index is -0.756. The monoisotopic (exact) mass is 390 g/mol. The molecule has 28 heavy (non-hydrogen) atoms. The largest absolute Gasteiger partial charge is 0.463 e. The number of anilines is 1. The van der Waals surface area contributed by atoms with Gasteiger partial charge >= 0.3 is 11.9 Å². The van der Waals surface area contributed by atoms with Crippen molar-refractivity contribution in [3.05, 3.63) is 57.5 Å². The lowest BCUT2D eigenvalue weighted by Crippen LogP contribution is -2.36. The van der Waals surface area contributed by atoms with Gasteiger partial charge < -0.3 is 23.5 Å². The van der Waals surface area contributed by atoms with E-state index in [1.165, 1.54) is 37.6 Å². The number of nitro groups is 1. The summed E-state index contributed by atoms with van der Waals surface area (Å²) in [6.45, 7) is 1.78. The summed E-state index contributed by atoms with van der Waals surface area (Å²) in [5.74, 6) is -1.51. The summed E-state index contributed by atoms with van der Waals surface area (Å²) >= 11 is 0. The predicted molar refractivity (Wildman–Crippen MR) is 95.3 cm³/mol. The Hall–Kier alpha value is -3.40. The fourth-order valence-corrected chi connectivity index (χ4v) is 2.82. The Balaban J connectivity index is 1.75. The summed E-state index contributed by atoms with van der Waals surface area (Å²) in [6, 6.07) is 5.65. The first-order valence-corrected chi connectivity index (χ1v) is 8.44. The van der Waals surface area contributed by atoms with E-state index in [9.17, 15) is 19.7 Å². The second-order valence-electron chi connectivity index (χ2n) is 5.90. The van der Waals surface area contributed by atoms with Crippen molar-refractivity contribution in [2.45, 2.75) is 6.61 Å². The number of carbonyl (C=O) groups excluding carboxylic acids is 2. The summed E-state index contributed by atoms with van der Waals surface area (Å²) in [7, 11) is 1.20. The molecule has 2 heterocycles. The maximum absolute atomic E-state index is 12.3. The SMILES string of the molecule is COC(=O)c1occc1COC(=O)c1ccc(N2CCOCC2)c([N+](=O)[O-])c1. The van der Waals surface area contributed by atoms with Crippen LogP contribution in [-0.2, 0) is 20.8 Å². The van der Waals surface area contributed by atoms with Gasteiger partial charge in [0.05, 0.1) is 37.1 Å². The number of ether oxygens (including phenoxy) is 3. The van der Waals surface area contributed by atoms with Crippen LogP contribution in [0, 0.1) is 10.1 Å². The van der Waals surface area contributed by atoms with Gasteiger partial charge in [0.1, 0.15) is 12.3 Å². The Morgan fingerprint density at radius 1 is 1.21 bits per heavy atom. The molecule has 1 aliphatic heterocycles. The van der Waals surface area contributed by atoms with Crippen molar-refractivity contribution in [1.29, 1.82) is 0 Å². The van der Waals surface area contributed by atoms with E-state index in [2.05, 4.69) is 4.74 Å². The fraction of sp³-hybridized carbons (Fsp3) is 0.333. The zero-order valence-corrected chi connectivity index (χ0v) is 15.1. The number of nitrogens with zero attached hydrogens (tertiary/aromatic N) is 2. The number of morpholine rings is 1. The highest BCUT2D eigenvalue weighted by Gasteiger charge is 2.24. The average Bonchev–Trinajstić information content (AvgIpc) is 3.20. The Morgan fingerprint density at radius 2 is 1.96 bits per heavy atom. The lowest BCUT2D eigenvalue weighted by atomic mass is 10.1. The van der Waals surface area contributed by atoms with Crippen molar-refractivity contribution in [1.82, 2.24) is 0 Å². The molecular weight excluding hydrogens is 372 g/mol. The van der Waals surface area contributed by atoms with Gasteiger partial charge in [0.15, 0.2) is 0 Å². The molecule has 0 unspecified atom stereocenters. The minimum Gasteiger partial charge on any atom is -0.463 e. The maximum atomic E-state index is 12.3. The summed E-state index contributed by atoms with van der Waals surface area (Å²) in [6.07, 6.45) is 1.28. The van der Waals surface area contributed by atoms with Crippen molar-refractivity contribution in [2.75, 3.05) is 38.3 Å². The van der Waals surface area contributed by atoms with Crippen molar-refractivity contribution in [3.8, 4) is 0 Å². The van der Waals surface area contributed by atoms with Gasteiger partial charge in [-0.05, 0) is 18.2 Å². The number of rotatable bonds is 6. The molecule has 1 aromatic carbocycles. The molecule has 1 aliphatic rings. The van der Waals surface area contributed by atoms with Crippen molar-refractivity contribution in [2.24, 2.45) is 0 Å². The van der Waals surface area contributed by atoms with Gasteiger partial charge in [0.2, 0.25) is 5.76 Å². The maximum Gasteiger partial charge on any atom is 0.374 e. The number of furan rings is 1. The molecule has 1 saturated heterocycles. The predicted octanol–water partition coefficient (Wildman–Crippen LogP) is 2.17. The first-order chi connectivity index (χ1) is 13.5. The van der Waals surface area contributed by atoms with Crippen molar-refractivity contribution >= 4 is 23.3 Å². The molecule has 148 valence electrons. The van der Waals surface area contributed by atoms with Crippen LogP contribution in [0.5, 0.6) is 0 Å². The number of hydrogen-bond acceptors (Lipinski definition) is 9. The molecule has 0 saturated carbocycles. The van der Waals surface area contributed by atoms with Crippen LogP contribution in [0.2, 0.25) is 0 Å². The molecule has 0 radical (unpaired) electrons. The Morgan fingerprint density at radius 3 is 2.64 bits per heavy atom. The zero-order chi connectivity index (χ0) is 20.1. The number of benzene rings is 1. The van der Waals surface area contributed by atoms with Crippen LogP contribution in [0.1, 0.15) is 26.5 Å². The van der Waals surface area contributed by atoms with E-state index in [1.54, 1.807) is 0 Å². The molecule has 0 bridgehead atoms. The minimum absolute atomic E-state index is 0.0341. The normalized spacial score (nSPS) is 13.8.